The molecule has 0 aliphatic carbocycles. The molecule has 3 nitrogen and oxygen atoms in total. The number of hydrogen-bond acceptors (Lipinski definition) is 3. The topological polar surface area (TPSA) is 32.3 Å². The maximum absolute atomic E-state index is 12.6. The summed E-state index contributed by atoms with van der Waals surface area (Å²) in [7, 11) is 0. The molecule has 1 aliphatic heterocycles. The highest BCUT2D eigenvalue weighted by Crippen LogP contribution is 2.30. The number of thiophene rings is 1. The van der Waals surface area contributed by atoms with E-state index in [1.54, 1.807) is 11.3 Å². The van der Waals surface area contributed by atoms with Crippen LogP contribution in [0, 0.1) is 12.8 Å². The van der Waals surface area contributed by atoms with Gasteiger partial charge in [0.25, 0.3) is 5.91 Å². The zero-order valence-electron chi connectivity index (χ0n) is 14.4. The van der Waals surface area contributed by atoms with E-state index in [1.807, 2.05) is 25.1 Å². The van der Waals surface area contributed by atoms with E-state index in [4.69, 9.17) is 0 Å². The van der Waals surface area contributed by atoms with Gasteiger partial charge >= 0.3 is 0 Å². The summed E-state index contributed by atoms with van der Waals surface area (Å²) in [5, 5.41) is 4.35. The van der Waals surface area contributed by atoms with Gasteiger partial charge in [0.1, 0.15) is 0 Å². The van der Waals surface area contributed by atoms with Gasteiger partial charge in [-0.3, -0.25) is 4.79 Å². The molecule has 0 saturated carbocycles. The minimum Gasteiger partial charge on any atom is -0.371 e. The highest BCUT2D eigenvalue weighted by molar-refractivity contribution is 7.21. The van der Waals surface area contributed by atoms with E-state index in [0.717, 1.165) is 36.5 Å². The Morgan fingerprint density at radius 3 is 2.72 bits per heavy atom. The van der Waals surface area contributed by atoms with Crippen LogP contribution in [-0.2, 0) is 0 Å². The van der Waals surface area contributed by atoms with Crippen molar-refractivity contribution in [3.63, 3.8) is 0 Å². The molecule has 2 heterocycles. The zero-order valence-corrected chi connectivity index (χ0v) is 15.2. The minimum atomic E-state index is 0.0665. The molecule has 0 bridgehead atoms. The van der Waals surface area contributed by atoms with E-state index in [9.17, 15) is 4.79 Å². The van der Waals surface area contributed by atoms with Crippen LogP contribution in [-0.4, -0.2) is 25.5 Å². The first kappa shape index (κ1) is 16.2. The third-order valence-electron chi connectivity index (χ3n) is 5.01. The Balaban J connectivity index is 1.38. The van der Waals surface area contributed by atoms with Crippen molar-refractivity contribution in [2.24, 2.45) is 5.92 Å². The molecule has 1 saturated heterocycles. The summed E-state index contributed by atoms with van der Waals surface area (Å²) in [6, 6.07) is 18.7. The van der Waals surface area contributed by atoms with E-state index in [2.05, 4.69) is 46.6 Å². The van der Waals surface area contributed by atoms with Crippen molar-refractivity contribution >= 4 is 33.0 Å². The predicted molar refractivity (Wildman–Crippen MR) is 106 cm³/mol. The lowest BCUT2D eigenvalue weighted by Crippen LogP contribution is -2.30. The molecule has 4 heteroatoms. The van der Waals surface area contributed by atoms with E-state index in [-0.39, 0.29) is 5.91 Å². The van der Waals surface area contributed by atoms with Crippen molar-refractivity contribution in [2.75, 3.05) is 24.5 Å². The molecule has 2 aromatic carbocycles. The van der Waals surface area contributed by atoms with Crippen molar-refractivity contribution in [3.05, 3.63) is 65.0 Å². The average molecular weight is 350 g/mol. The van der Waals surface area contributed by atoms with Crippen molar-refractivity contribution < 1.29 is 4.79 Å². The van der Waals surface area contributed by atoms with Crippen LogP contribution in [0.2, 0.25) is 0 Å². The summed E-state index contributed by atoms with van der Waals surface area (Å²) < 4.78 is 1.18. The summed E-state index contributed by atoms with van der Waals surface area (Å²) >= 11 is 1.59. The van der Waals surface area contributed by atoms with Gasteiger partial charge in [-0.05, 0) is 48.4 Å². The Hall–Kier alpha value is -2.33. The number of hydrogen-bond donors (Lipinski definition) is 1. The predicted octanol–water partition coefficient (Wildman–Crippen LogP) is 4.47. The van der Waals surface area contributed by atoms with Crippen LogP contribution in [0.3, 0.4) is 0 Å². The molecule has 1 fully saturated rings. The number of rotatable bonds is 4. The number of nitrogens with zero attached hydrogens (tertiary/aromatic N) is 1. The van der Waals surface area contributed by atoms with Crippen LogP contribution in [0.5, 0.6) is 0 Å². The van der Waals surface area contributed by atoms with E-state index in [1.165, 1.54) is 15.8 Å². The highest BCUT2D eigenvalue weighted by Gasteiger charge is 2.24. The molecule has 1 atom stereocenters. The van der Waals surface area contributed by atoms with Gasteiger partial charge in [0.2, 0.25) is 0 Å². The van der Waals surface area contributed by atoms with Gasteiger partial charge < -0.3 is 10.2 Å². The molecule has 1 aromatic heterocycles. The number of anilines is 1. The van der Waals surface area contributed by atoms with Gasteiger partial charge in [-0.1, -0.05) is 36.4 Å². The van der Waals surface area contributed by atoms with Crippen LogP contribution in [0.15, 0.2) is 54.6 Å². The fraction of sp³-hybridized carbons (Fsp3) is 0.286. The second-order valence-electron chi connectivity index (χ2n) is 6.70. The number of benzene rings is 2. The third kappa shape index (κ3) is 3.27. The lowest BCUT2D eigenvalue weighted by Gasteiger charge is -2.18. The fourth-order valence-electron chi connectivity index (χ4n) is 3.58. The standard InChI is InChI=1S/C21H22N2OS/c1-15-18-9-5-6-10-19(18)25-20(15)21(24)22-13-16-11-12-23(14-16)17-7-3-2-4-8-17/h2-10,16H,11-14H2,1H3,(H,22,24). The van der Waals surface area contributed by atoms with E-state index in [0.29, 0.717) is 5.92 Å². The SMILES string of the molecule is Cc1c(C(=O)NCC2CCN(c3ccccc3)C2)sc2ccccc12. The van der Waals surface area contributed by atoms with Gasteiger partial charge in [-0.25, -0.2) is 0 Å². The van der Waals surface area contributed by atoms with Crippen LogP contribution < -0.4 is 10.2 Å². The van der Waals surface area contributed by atoms with Crippen LogP contribution in [0.4, 0.5) is 5.69 Å². The van der Waals surface area contributed by atoms with E-state index < -0.39 is 0 Å². The maximum Gasteiger partial charge on any atom is 0.261 e. The number of aryl methyl sites for hydroxylation is 1. The molecule has 0 radical (unpaired) electrons. The first-order valence-electron chi connectivity index (χ1n) is 8.78. The first-order chi connectivity index (χ1) is 12.2. The maximum atomic E-state index is 12.6. The lowest BCUT2D eigenvalue weighted by molar-refractivity contribution is 0.0952. The van der Waals surface area contributed by atoms with Gasteiger partial charge in [0.05, 0.1) is 4.88 Å². The molecular formula is C21H22N2OS. The van der Waals surface area contributed by atoms with Crippen LogP contribution >= 0.6 is 11.3 Å². The van der Waals surface area contributed by atoms with Gasteiger partial charge in [-0.15, -0.1) is 11.3 Å². The van der Waals surface area contributed by atoms with Crippen LogP contribution in [0.1, 0.15) is 21.7 Å². The van der Waals surface area contributed by atoms with E-state index >= 15 is 0 Å². The molecule has 1 unspecified atom stereocenters. The molecular weight excluding hydrogens is 328 g/mol. The van der Waals surface area contributed by atoms with Gasteiger partial charge in [-0.2, -0.15) is 0 Å². The molecule has 25 heavy (non-hydrogen) atoms. The Labute approximate surface area is 152 Å². The third-order valence-corrected chi connectivity index (χ3v) is 6.28. The largest absolute Gasteiger partial charge is 0.371 e. The molecule has 128 valence electrons. The zero-order chi connectivity index (χ0) is 17.2. The minimum absolute atomic E-state index is 0.0665. The second kappa shape index (κ2) is 6.89. The molecule has 1 amide bonds. The van der Waals surface area contributed by atoms with Crippen molar-refractivity contribution in [2.45, 2.75) is 13.3 Å². The van der Waals surface area contributed by atoms with Crippen molar-refractivity contribution in [3.8, 4) is 0 Å². The van der Waals surface area contributed by atoms with Crippen molar-refractivity contribution in [1.82, 2.24) is 5.32 Å². The number of fused-ring (bicyclic) bond motifs is 1. The Morgan fingerprint density at radius 2 is 1.92 bits per heavy atom. The lowest BCUT2D eigenvalue weighted by atomic mass is 10.1. The fourth-order valence-corrected chi connectivity index (χ4v) is 4.71. The summed E-state index contributed by atoms with van der Waals surface area (Å²) in [4.78, 5) is 15.9. The number of amides is 1. The summed E-state index contributed by atoms with van der Waals surface area (Å²) in [6.45, 7) is 4.86. The van der Waals surface area contributed by atoms with Gasteiger partial charge in [0.15, 0.2) is 0 Å². The normalized spacial score (nSPS) is 17.2. The first-order valence-corrected chi connectivity index (χ1v) is 9.60. The van der Waals surface area contributed by atoms with Gasteiger partial charge in [0, 0.05) is 30.0 Å². The average Bonchev–Trinajstić information content (AvgIpc) is 3.26. The Bertz CT molecular complexity index is 887. The molecule has 1 N–H and O–H groups in total. The highest BCUT2D eigenvalue weighted by atomic mass is 32.1. The molecule has 1 aliphatic rings. The number of para-hydroxylation sites is 1. The monoisotopic (exact) mass is 350 g/mol. The smallest absolute Gasteiger partial charge is 0.261 e. The summed E-state index contributed by atoms with van der Waals surface area (Å²) in [5.41, 5.74) is 2.37. The molecule has 3 aromatic rings. The van der Waals surface area contributed by atoms with Crippen LogP contribution in [0.25, 0.3) is 10.1 Å². The number of nitrogens with one attached hydrogen (secondary N) is 1. The molecule has 0 spiro atoms. The van der Waals surface area contributed by atoms with Crippen molar-refractivity contribution in [1.29, 1.82) is 0 Å². The summed E-state index contributed by atoms with van der Waals surface area (Å²) in [5.74, 6) is 0.579. The second-order valence-corrected chi connectivity index (χ2v) is 7.75. The molecule has 4 rings (SSSR count). The Morgan fingerprint density at radius 1 is 1.16 bits per heavy atom. The summed E-state index contributed by atoms with van der Waals surface area (Å²) in [6.07, 6.45) is 1.13. The number of carbonyl (C=O) groups is 1. The Kier molecular flexibility index (Phi) is 4.45. The quantitative estimate of drug-likeness (QED) is 0.753. The number of carbonyl (C=O) groups excluding carboxylic acids is 1.